The summed E-state index contributed by atoms with van der Waals surface area (Å²) < 4.78 is 5.86. The van der Waals surface area contributed by atoms with Crippen LogP contribution in [-0.4, -0.2) is 25.8 Å². The number of nitrogens with one attached hydrogen (secondary N) is 1. The van der Waals surface area contributed by atoms with E-state index >= 15 is 0 Å². The number of hydrogen-bond acceptors (Lipinski definition) is 2. The zero-order valence-corrected chi connectivity index (χ0v) is 9.01. The standard InChI is InChI=1S/C11H23NO/c1-3-4-5-8-13-11-6-7-12-9-10(11)2/h10-12H,3-9H2,1-2H3. The fourth-order valence-electron chi connectivity index (χ4n) is 1.82. The summed E-state index contributed by atoms with van der Waals surface area (Å²) in [6.07, 6.45) is 5.52. The summed E-state index contributed by atoms with van der Waals surface area (Å²) in [5.74, 6) is 0.690. The lowest BCUT2D eigenvalue weighted by Crippen LogP contribution is -2.39. The number of hydrogen-bond donors (Lipinski definition) is 1. The molecule has 0 aromatic carbocycles. The van der Waals surface area contributed by atoms with E-state index in [9.17, 15) is 0 Å². The molecule has 0 saturated carbocycles. The van der Waals surface area contributed by atoms with Gasteiger partial charge in [-0.15, -0.1) is 0 Å². The lowest BCUT2D eigenvalue weighted by Gasteiger charge is -2.29. The number of unbranched alkanes of at least 4 members (excludes halogenated alkanes) is 2. The van der Waals surface area contributed by atoms with Crippen LogP contribution in [0.1, 0.15) is 39.5 Å². The van der Waals surface area contributed by atoms with Gasteiger partial charge in [0.2, 0.25) is 0 Å². The van der Waals surface area contributed by atoms with Crippen LogP contribution in [0.15, 0.2) is 0 Å². The molecular weight excluding hydrogens is 162 g/mol. The van der Waals surface area contributed by atoms with Crippen molar-refractivity contribution in [1.82, 2.24) is 5.32 Å². The zero-order chi connectivity index (χ0) is 9.52. The number of piperidine rings is 1. The Morgan fingerprint density at radius 2 is 2.23 bits per heavy atom. The average molecular weight is 185 g/mol. The first-order valence-corrected chi connectivity index (χ1v) is 5.67. The van der Waals surface area contributed by atoms with Crippen molar-refractivity contribution >= 4 is 0 Å². The monoisotopic (exact) mass is 185 g/mol. The van der Waals surface area contributed by atoms with Crippen molar-refractivity contribution in [3.8, 4) is 0 Å². The van der Waals surface area contributed by atoms with Crippen LogP contribution in [0.5, 0.6) is 0 Å². The molecule has 0 aromatic rings. The molecule has 1 aliphatic rings. The maximum absolute atomic E-state index is 5.86. The van der Waals surface area contributed by atoms with Gasteiger partial charge in [0.15, 0.2) is 0 Å². The predicted octanol–water partition coefficient (Wildman–Crippen LogP) is 2.19. The Kier molecular flexibility index (Phi) is 5.40. The minimum absolute atomic E-state index is 0.512. The van der Waals surface area contributed by atoms with Gasteiger partial charge in [-0.05, 0) is 25.3 Å². The molecule has 1 fully saturated rings. The molecule has 2 atom stereocenters. The van der Waals surface area contributed by atoms with Crippen molar-refractivity contribution < 1.29 is 4.74 Å². The van der Waals surface area contributed by atoms with E-state index in [4.69, 9.17) is 4.74 Å². The Bertz CT molecular complexity index is 127. The number of ether oxygens (including phenoxy) is 1. The van der Waals surface area contributed by atoms with Crippen molar-refractivity contribution in [2.45, 2.75) is 45.6 Å². The van der Waals surface area contributed by atoms with Gasteiger partial charge in [0, 0.05) is 13.2 Å². The van der Waals surface area contributed by atoms with Crippen LogP contribution < -0.4 is 5.32 Å². The molecule has 1 saturated heterocycles. The molecule has 2 heteroatoms. The molecular formula is C11H23NO. The predicted molar refractivity (Wildman–Crippen MR) is 55.9 cm³/mol. The second kappa shape index (κ2) is 6.39. The van der Waals surface area contributed by atoms with E-state index in [1.165, 1.54) is 25.7 Å². The number of rotatable bonds is 5. The van der Waals surface area contributed by atoms with Gasteiger partial charge in [-0.25, -0.2) is 0 Å². The summed E-state index contributed by atoms with van der Waals surface area (Å²) in [4.78, 5) is 0. The Hall–Kier alpha value is -0.0800. The SMILES string of the molecule is CCCCCOC1CCNCC1C. The van der Waals surface area contributed by atoms with Gasteiger partial charge >= 0.3 is 0 Å². The van der Waals surface area contributed by atoms with Crippen LogP contribution in [0.2, 0.25) is 0 Å². The third kappa shape index (κ3) is 4.10. The summed E-state index contributed by atoms with van der Waals surface area (Å²) in [5.41, 5.74) is 0. The minimum Gasteiger partial charge on any atom is -0.378 e. The van der Waals surface area contributed by atoms with E-state index < -0.39 is 0 Å². The molecule has 1 N–H and O–H groups in total. The molecule has 0 bridgehead atoms. The lowest BCUT2D eigenvalue weighted by molar-refractivity contribution is -0.000660. The molecule has 0 amide bonds. The van der Waals surface area contributed by atoms with Crippen molar-refractivity contribution in [2.24, 2.45) is 5.92 Å². The van der Waals surface area contributed by atoms with E-state index in [0.29, 0.717) is 12.0 Å². The van der Waals surface area contributed by atoms with Crippen LogP contribution in [0.3, 0.4) is 0 Å². The van der Waals surface area contributed by atoms with E-state index in [1.807, 2.05) is 0 Å². The highest BCUT2D eigenvalue weighted by Crippen LogP contribution is 2.14. The first-order chi connectivity index (χ1) is 6.34. The van der Waals surface area contributed by atoms with Gasteiger partial charge in [-0.2, -0.15) is 0 Å². The van der Waals surface area contributed by atoms with Crippen LogP contribution in [-0.2, 0) is 4.74 Å². The van der Waals surface area contributed by atoms with E-state index in [2.05, 4.69) is 19.2 Å². The molecule has 0 aromatic heterocycles. The van der Waals surface area contributed by atoms with Crippen LogP contribution in [0.25, 0.3) is 0 Å². The fourth-order valence-corrected chi connectivity index (χ4v) is 1.82. The third-order valence-corrected chi connectivity index (χ3v) is 2.79. The molecule has 78 valence electrons. The van der Waals surface area contributed by atoms with Crippen molar-refractivity contribution in [3.63, 3.8) is 0 Å². The average Bonchev–Trinajstić information content (AvgIpc) is 2.15. The van der Waals surface area contributed by atoms with E-state index in [-0.39, 0.29) is 0 Å². The Labute approximate surface area is 82.0 Å². The highest BCUT2D eigenvalue weighted by molar-refractivity contribution is 4.75. The fraction of sp³-hybridized carbons (Fsp3) is 1.00. The molecule has 2 unspecified atom stereocenters. The van der Waals surface area contributed by atoms with Crippen molar-refractivity contribution in [1.29, 1.82) is 0 Å². The highest BCUT2D eigenvalue weighted by atomic mass is 16.5. The summed E-state index contributed by atoms with van der Waals surface area (Å²) >= 11 is 0. The topological polar surface area (TPSA) is 21.3 Å². The highest BCUT2D eigenvalue weighted by Gasteiger charge is 2.20. The van der Waals surface area contributed by atoms with Crippen LogP contribution >= 0.6 is 0 Å². The smallest absolute Gasteiger partial charge is 0.0624 e. The zero-order valence-electron chi connectivity index (χ0n) is 9.01. The maximum atomic E-state index is 5.86. The summed E-state index contributed by atoms with van der Waals surface area (Å²) in [7, 11) is 0. The molecule has 13 heavy (non-hydrogen) atoms. The molecule has 2 nitrogen and oxygen atoms in total. The van der Waals surface area contributed by atoms with Gasteiger partial charge in [0.05, 0.1) is 6.10 Å². The van der Waals surface area contributed by atoms with Gasteiger partial charge in [0.1, 0.15) is 0 Å². The molecule has 0 radical (unpaired) electrons. The summed E-state index contributed by atoms with van der Waals surface area (Å²) in [5, 5.41) is 3.39. The molecule has 0 aliphatic carbocycles. The maximum Gasteiger partial charge on any atom is 0.0624 e. The molecule has 1 aliphatic heterocycles. The Balaban J connectivity index is 2.05. The quantitative estimate of drug-likeness (QED) is 0.663. The largest absolute Gasteiger partial charge is 0.378 e. The molecule has 0 spiro atoms. The molecule has 1 heterocycles. The first kappa shape index (κ1) is 11.0. The second-order valence-electron chi connectivity index (χ2n) is 4.09. The van der Waals surface area contributed by atoms with Gasteiger partial charge in [0.25, 0.3) is 0 Å². The van der Waals surface area contributed by atoms with Crippen molar-refractivity contribution in [3.05, 3.63) is 0 Å². The normalized spacial score (nSPS) is 29.1. The van der Waals surface area contributed by atoms with Gasteiger partial charge in [-0.3, -0.25) is 0 Å². The first-order valence-electron chi connectivity index (χ1n) is 5.67. The second-order valence-corrected chi connectivity index (χ2v) is 4.09. The summed E-state index contributed by atoms with van der Waals surface area (Å²) in [6, 6.07) is 0. The van der Waals surface area contributed by atoms with Crippen molar-refractivity contribution in [2.75, 3.05) is 19.7 Å². The summed E-state index contributed by atoms with van der Waals surface area (Å²) in [6.45, 7) is 7.72. The van der Waals surface area contributed by atoms with Crippen LogP contribution in [0, 0.1) is 5.92 Å². The molecule has 1 rings (SSSR count). The van der Waals surface area contributed by atoms with Gasteiger partial charge in [-0.1, -0.05) is 26.7 Å². The Morgan fingerprint density at radius 3 is 2.92 bits per heavy atom. The van der Waals surface area contributed by atoms with E-state index in [0.717, 1.165) is 19.7 Å². The Morgan fingerprint density at radius 1 is 1.38 bits per heavy atom. The van der Waals surface area contributed by atoms with Gasteiger partial charge < -0.3 is 10.1 Å². The van der Waals surface area contributed by atoms with Crippen LogP contribution in [0.4, 0.5) is 0 Å². The lowest BCUT2D eigenvalue weighted by atomic mass is 9.98. The minimum atomic E-state index is 0.512. The van der Waals surface area contributed by atoms with E-state index in [1.54, 1.807) is 0 Å². The third-order valence-electron chi connectivity index (χ3n) is 2.79.